The van der Waals surface area contributed by atoms with Crippen molar-refractivity contribution in [3.63, 3.8) is 0 Å². The molecule has 1 N–H and O–H groups in total. The van der Waals surface area contributed by atoms with Crippen LogP contribution in [0.3, 0.4) is 0 Å². The zero-order valence-electron chi connectivity index (χ0n) is 10.1. The molecule has 4 nitrogen and oxygen atoms in total. The van der Waals surface area contributed by atoms with Crippen LogP contribution >= 0.6 is 11.8 Å². The summed E-state index contributed by atoms with van der Waals surface area (Å²) in [6.45, 7) is 2.87. The number of ether oxygens (including phenoxy) is 1. The van der Waals surface area contributed by atoms with E-state index in [0.717, 1.165) is 41.9 Å². The third-order valence-corrected chi connectivity index (χ3v) is 3.06. The molecule has 0 aliphatic carbocycles. The highest BCUT2D eigenvalue weighted by Crippen LogP contribution is 2.19. The number of methoxy groups -OCH3 is 1. The predicted octanol–water partition coefficient (Wildman–Crippen LogP) is 2.21. The summed E-state index contributed by atoms with van der Waals surface area (Å²) in [6.07, 6.45) is 1.91. The fraction of sp³-hybridized carbons (Fsp3) is 0.636. The van der Waals surface area contributed by atoms with E-state index in [4.69, 9.17) is 4.74 Å². The molecular formula is C11H19N3OS. The van der Waals surface area contributed by atoms with Crippen LogP contribution in [0, 0.1) is 0 Å². The smallest absolute Gasteiger partial charge is 0.131 e. The van der Waals surface area contributed by atoms with Crippen molar-refractivity contribution in [1.82, 2.24) is 9.97 Å². The zero-order chi connectivity index (χ0) is 11.8. The van der Waals surface area contributed by atoms with E-state index in [9.17, 15) is 0 Å². The normalized spacial score (nSPS) is 10.4. The molecule has 0 atom stereocenters. The summed E-state index contributed by atoms with van der Waals surface area (Å²) < 4.78 is 5.01. The second kappa shape index (κ2) is 7.46. The van der Waals surface area contributed by atoms with Gasteiger partial charge in [-0.15, -0.1) is 11.8 Å². The molecule has 0 aliphatic heterocycles. The van der Waals surface area contributed by atoms with E-state index in [1.165, 1.54) is 0 Å². The van der Waals surface area contributed by atoms with Crippen molar-refractivity contribution in [1.29, 1.82) is 0 Å². The van der Waals surface area contributed by atoms with E-state index < -0.39 is 0 Å². The van der Waals surface area contributed by atoms with Crippen LogP contribution in [0.1, 0.15) is 19.2 Å². The van der Waals surface area contributed by atoms with Crippen LogP contribution in [0.5, 0.6) is 0 Å². The van der Waals surface area contributed by atoms with Crippen LogP contribution in [0.2, 0.25) is 0 Å². The molecule has 0 saturated heterocycles. The number of thioether (sulfide) groups is 1. The van der Waals surface area contributed by atoms with Gasteiger partial charge in [-0.05, 0) is 6.42 Å². The second-order valence-corrected chi connectivity index (χ2v) is 4.42. The number of nitrogens with zero attached hydrogens (tertiary/aromatic N) is 2. The number of hydrogen-bond donors (Lipinski definition) is 1. The Morgan fingerprint density at radius 2 is 2.25 bits per heavy atom. The maximum atomic E-state index is 5.01. The number of aromatic nitrogens is 2. The van der Waals surface area contributed by atoms with Crippen molar-refractivity contribution >= 4 is 17.6 Å². The Morgan fingerprint density at radius 1 is 1.44 bits per heavy atom. The maximum Gasteiger partial charge on any atom is 0.131 e. The van der Waals surface area contributed by atoms with Crippen molar-refractivity contribution in [3.05, 3.63) is 11.9 Å². The number of hydrogen-bond acceptors (Lipinski definition) is 5. The van der Waals surface area contributed by atoms with Gasteiger partial charge < -0.3 is 10.1 Å². The van der Waals surface area contributed by atoms with Crippen molar-refractivity contribution < 1.29 is 4.74 Å². The first-order chi connectivity index (χ1) is 7.80. The minimum absolute atomic E-state index is 0.803. The molecular weight excluding hydrogens is 222 g/mol. The van der Waals surface area contributed by atoms with Gasteiger partial charge in [-0.25, -0.2) is 9.97 Å². The summed E-state index contributed by atoms with van der Waals surface area (Å²) >= 11 is 1.75. The first-order valence-corrected chi connectivity index (χ1v) is 6.46. The van der Waals surface area contributed by atoms with E-state index in [1.54, 1.807) is 18.9 Å². The number of anilines is 1. The van der Waals surface area contributed by atoms with Crippen molar-refractivity contribution in [2.75, 3.05) is 31.8 Å². The SMILES string of the molecule is CCc1nc(NC)cc(SCCCOC)n1. The highest BCUT2D eigenvalue weighted by Gasteiger charge is 2.02. The molecule has 0 spiro atoms. The molecule has 16 heavy (non-hydrogen) atoms. The highest BCUT2D eigenvalue weighted by molar-refractivity contribution is 7.99. The summed E-state index contributed by atoms with van der Waals surface area (Å²) in [5, 5.41) is 4.09. The minimum atomic E-state index is 0.803. The van der Waals surface area contributed by atoms with Crippen LogP contribution in [0.4, 0.5) is 5.82 Å². The van der Waals surface area contributed by atoms with Gasteiger partial charge in [0, 0.05) is 39.0 Å². The molecule has 0 unspecified atom stereocenters. The third kappa shape index (κ3) is 4.37. The number of aryl methyl sites for hydroxylation is 1. The van der Waals surface area contributed by atoms with Gasteiger partial charge in [-0.2, -0.15) is 0 Å². The molecule has 0 saturated carbocycles. The monoisotopic (exact) mass is 241 g/mol. The minimum Gasteiger partial charge on any atom is -0.385 e. The molecule has 1 aromatic heterocycles. The standard InChI is InChI=1S/C11H19N3OS/c1-4-9-13-10(12-2)8-11(14-9)16-7-5-6-15-3/h8H,4-7H2,1-3H3,(H,12,13,14). The lowest BCUT2D eigenvalue weighted by molar-refractivity contribution is 0.200. The zero-order valence-corrected chi connectivity index (χ0v) is 10.9. The molecule has 90 valence electrons. The van der Waals surface area contributed by atoms with E-state index in [-0.39, 0.29) is 0 Å². The summed E-state index contributed by atoms with van der Waals surface area (Å²) in [5.41, 5.74) is 0. The summed E-state index contributed by atoms with van der Waals surface area (Å²) in [7, 11) is 3.60. The summed E-state index contributed by atoms with van der Waals surface area (Å²) in [6, 6.07) is 1.98. The molecule has 1 aromatic rings. The first kappa shape index (κ1) is 13.3. The largest absolute Gasteiger partial charge is 0.385 e. The maximum absolute atomic E-state index is 5.01. The van der Waals surface area contributed by atoms with Gasteiger partial charge in [0.1, 0.15) is 16.7 Å². The van der Waals surface area contributed by atoms with Gasteiger partial charge >= 0.3 is 0 Å². The fourth-order valence-corrected chi connectivity index (χ4v) is 2.05. The lowest BCUT2D eigenvalue weighted by Crippen LogP contribution is -2.00. The van der Waals surface area contributed by atoms with E-state index >= 15 is 0 Å². The molecule has 0 aliphatic rings. The van der Waals surface area contributed by atoms with Gasteiger partial charge in [0.15, 0.2) is 0 Å². The molecule has 0 bridgehead atoms. The molecule has 1 rings (SSSR count). The molecule has 5 heteroatoms. The second-order valence-electron chi connectivity index (χ2n) is 3.31. The van der Waals surface area contributed by atoms with Gasteiger partial charge in [-0.1, -0.05) is 6.92 Å². The van der Waals surface area contributed by atoms with Crippen molar-refractivity contribution in [3.8, 4) is 0 Å². The summed E-state index contributed by atoms with van der Waals surface area (Å²) in [4.78, 5) is 8.82. The van der Waals surface area contributed by atoms with Crippen molar-refractivity contribution in [2.45, 2.75) is 24.8 Å². The Kier molecular flexibility index (Phi) is 6.18. The molecule has 0 radical (unpaired) electrons. The van der Waals surface area contributed by atoms with Crippen molar-refractivity contribution in [2.24, 2.45) is 0 Å². The topological polar surface area (TPSA) is 47.0 Å². The quantitative estimate of drug-likeness (QED) is 0.450. The lowest BCUT2D eigenvalue weighted by Gasteiger charge is -2.06. The van der Waals surface area contributed by atoms with Gasteiger partial charge in [0.2, 0.25) is 0 Å². The van der Waals surface area contributed by atoms with Gasteiger partial charge in [0.25, 0.3) is 0 Å². The Hall–Kier alpha value is -0.810. The van der Waals surface area contributed by atoms with E-state index in [2.05, 4.69) is 22.2 Å². The van der Waals surface area contributed by atoms with Crippen LogP contribution < -0.4 is 5.32 Å². The Bertz CT molecular complexity index is 298. The third-order valence-electron chi connectivity index (χ3n) is 2.06. The number of rotatable bonds is 7. The van der Waals surface area contributed by atoms with Gasteiger partial charge in [0.05, 0.1) is 0 Å². The van der Waals surface area contributed by atoms with Gasteiger partial charge in [-0.3, -0.25) is 0 Å². The summed E-state index contributed by atoms with van der Waals surface area (Å²) in [5.74, 6) is 2.80. The first-order valence-electron chi connectivity index (χ1n) is 5.47. The number of nitrogens with one attached hydrogen (secondary N) is 1. The van der Waals surface area contributed by atoms with E-state index in [0.29, 0.717) is 0 Å². The highest BCUT2D eigenvalue weighted by atomic mass is 32.2. The Balaban J connectivity index is 2.57. The lowest BCUT2D eigenvalue weighted by atomic mass is 10.4. The molecule has 1 heterocycles. The Morgan fingerprint density at radius 3 is 2.88 bits per heavy atom. The molecule has 0 amide bonds. The predicted molar refractivity (Wildman–Crippen MR) is 68.2 cm³/mol. The average molecular weight is 241 g/mol. The Labute approximate surface area is 101 Å². The van der Waals surface area contributed by atoms with Crippen LogP contribution in [-0.4, -0.2) is 36.5 Å². The molecule has 0 fully saturated rings. The van der Waals surface area contributed by atoms with Crippen LogP contribution in [0.25, 0.3) is 0 Å². The van der Waals surface area contributed by atoms with Crippen LogP contribution in [-0.2, 0) is 11.2 Å². The average Bonchev–Trinajstić information content (AvgIpc) is 2.34. The van der Waals surface area contributed by atoms with E-state index in [1.807, 2.05) is 13.1 Å². The van der Waals surface area contributed by atoms with Crippen LogP contribution in [0.15, 0.2) is 11.1 Å². The fourth-order valence-electron chi connectivity index (χ4n) is 1.21. The molecule has 0 aromatic carbocycles.